The second-order valence-corrected chi connectivity index (χ2v) is 17.2. The molecule has 1 aliphatic heterocycles. The van der Waals surface area contributed by atoms with Crippen molar-refractivity contribution in [3.05, 3.63) is 0 Å². The van der Waals surface area contributed by atoms with E-state index >= 15 is 0 Å². The maximum atomic E-state index is 13.5. The first-order valence-electron chi connectivity index (χ1n) is 21.8. The van der Waals surface area contributed by atoms with Crippen LogP contribution in [-0.2, 0) is 38.4 Å². The predicted molar refractivity (Wildman–Crippen MR) is 240 cm³/mol. The number of Topliss-reactive ketones (excluding diaryl/α,β-unsaturated/α-hetero) is 1. The van der Waals surface area contributed by atoms with Crippen molar-refractivity contribution in [1.29, 1.82) is 0 Å². The summed E-state index contributed by atoms with van der Waals surface area (Å²) in [6, 6.07) is -5.23. The average molecular weight is 890 g/mol. The Balaban J connectivity index is 0.00000946. The molecule has 1 heterocycles. The van der Waals surface area contributed by atoms with Gasteiger partial charge in [0.15, 0.2) is 0 Å². The Hall–Kier alpha value is -4.10. The normalized spacial score (nSPS) is 19.2. The molecular formula is C41H69B2N7O11S. The molecule has 62 heavy (non-hydrogen) atoms. The topological polar surface area (TPSA) is 287 Å². The number of aliphatic hydroxyl groups excluding tert-OH is 2. The molecule has 18 nitrogen and oxygen atoms in total. The van der Waals surface area contributed by atoms with Crippen LogP contribution in [0.25, 0.3) is 0 Å². The molecule has 0 spiro atoms. The summed E-state index contributed by atoms with van der Waals surface area (Å²) in [5, 5.41) is 42.2. The number of carboxylic acid groups (broad SMARTS) is 1. The molecule has 1 saturated heterocycles. The Bertz CT molecular complexity index is 1550. The van der Waals surface area contributed by atoms with Crippen molar-refractivity contribution in [2.75, 3.05) is 25.4 Å². The number of carboxylic acids is 1. The van der Waals surface area contributed by atoms with E-state index in [2.05, 4.69) is 26.6 Å². The third kappa shape index (κ3) is 21.3. The molecule has 0 aromatic rings. The average Bonchev–Trinajstić information content (AvgIpc) is 3.46. The molecule has 2 rings (SSSR count). The van der Waals surface area contributed by atoms with Crippen molar-refractivity contribution in [2.45, 2.75) is 160 Å². The Morgan fingerprint density at radius 1 is 0.790 bits per heavy atom. The van der Waals surface area contributed by atoms with Crippen molar-refractivity contribution in [2.24, 2.45) is 17.6 Å². The fourth-order valence-electron chi connectivity index (χ4n) is 7.11. The summed E-state index contributed by atoms with van der Waals surface area (Å²) in [6.45, 7) is 9.95. The molecule has 0 bridgehead atoms. The molecule has 2 fully saturated rings. The third-order valence-corrected chi connectivity index (χ3v) is 11.6. The van der Waals surface area contributed by atoms with E-state index in [9.17, 15) is 53.7 Å². The number of ketones is 1. The summed E-state index contributed by atoms with van der Waals surface area (Å²) in [5.41, 5.74) is 4.42. The number of amides is 6. The van der Waals surface area contributed by atoms with Gasteiger partial charge in [0.25, 0.3) is 0 Å². The molecule has 10 N–H and O–H groups in total. The second-order valence-electron chi connectivity index (χ2n) is 15.9. The molecule has 5 atom stereocenters. The molecule has 0 aromatic carbocycles. The van der Waals surface area contributed by atoms with Crippen molar-refractivity contribution >= 4 is 85.2 Å². The zero-order valence-electron chi connectivity index (χ0n) is 37.0. The van der Waals surface area contributed by atoms with Crippen LogP contribution in [-0.4, -0.2) is 155 Å². The van der Waals surface area contributed by atoms with E-state index in [4.69, 9.17) is 20.7 Å². The summed E-state index contributed by atoms with van der Waals surface area (Å²) < 4.78 is 0. The number of unbranched alkanes of at least 4 members (excludes halogenated alkanes) is 2. The third-order valence-electron chi connectivity index (χ3n) is 10.4. The second kappa shape index (κ2) is 30.1. The van der Waals surface area contributed by atoms with E-state index in [1.807, 2.05) is 13.8 Å². The summed E-state index contributed by atoms with van der Waals surface area (Å²) in [5.74, 6) is -3.90. The van der Waals surface area contributed by atoms with Gasteiger partial charge in [-0.2, -0.15) is 0 Å². The van der Waals surface area contributed by atoms with Gasteiger partial charge in [-0.1, -0.05) is 13.8 Å². The van der Waals surface area contributed by atoms with Gasteiger partial charge < -0.3 is 0 Å². The first-order valence-corrected chi connectivity index (χ1v) is 22.8. The van der Waals surface area contributed by atoms with Gasteiger partial charge in [0, 0.05) is 31.1 Å². The Kier molecular flexibility index (Phi) is 27.1. The number of nitrogens with two attached hydrogens (primary N) is 1. The quantitative estimate of drug-likeness (QED) is 0.0274. The number of hydrogen-bond donors (Lipinski definition) is 9. The monoisotopic (exact) mass is 889 g/mol. The molecule has 2 aliphatic rings. The van der Waals surface area contributed by atoms with Gasteiger partial charge in [-0.05, 0) is 38.5 Å². The Labute approximate surface area is 372 Å². The molecule has 2 radical (unpaired) electrons. The first kappa shape index (κ1) is 55.9. The first-order chi connectivity index (χ1) is 29.3. The number of carbonyl (C=O) groups excluding carboxylic acids is 7. The van der Waals surface area contributed by atoms with Crippen molar-refractivity contribution in [1.82, 2.24) is 31.5 Å². The number of rotatable bonds is 29. The van der Waals surface area contributed by atoms with E-state index in [0.717, 1.165) is 0 Å². The van der Waals surface area contributed by atoms with Crippen LogP contribution in [0.4, 0.5) is 0 Å². The Morgan fingerprint density at radius 2 is 1.32 bits per heavy atom. The summed E-state index contributed by atoms with van der Waals surface area (Å²) in [7, 11) is 10.9. The number of aliphatic carboxylic acids is 1. The summed E-state index contributed by atoms with van der Waals surface area (Å²) in [4.78, 5) is 103. The van der Waals surface area contributed by atoms with Crippen molar-refractivity contribution < 1.29 is 53.7 Å². The molecule has 21 heteroatoms. The minimum atomic E-state index is -1.51. The number of nitrogens with zero attached hydrogens (tertiary/aromatic N) is 1. The minimum absolute atomic E-state index is 0.0158. The number of nitrogens with one attached hydrogen (secondary N) is 5. The molecule has 346 valence electrons. The van der Waals surface area contributed by atoms with Gasteiger partial charge in [-0.3, -0.25) is 24.1 Å². The van der Waals surface area contributed by atoms with Gasteiger partial charge in [0.05, 0.1) is 5.25 Å². The van der Waals surface area contributed by atoms with Crippen molar-refractivity contribution in [3.63, 3.8) is 0 Å². The molecule has 6 amide bonds. The van der Waals surface area contributed by atoms with Crippen molar-refractivity contribution in [3.8, 4) is 0 Å². The molecule has 1 aliphatic carbocycles. The standard InChI is InChI=1S/C39H63B2N7O11S.C2H6/c1-22(2)44-28(18-31(40)50)36(55)45-26(8-4-6-15-42)35(54)47-29(19-32(41)51)37(56)46-27(39(58)59)9-5-7-16-43-34(53)25-12-10-24(11-13-25)21-48-33(52)20-30(38(48)57)60-17-14-23(3)49;1-2/h22,24-30,44,50-51H,4-21,42H2,1-3H3,(H,43,53)(H,45,55)(H,46,56)(H,47,54)(H,58,59);1-2H3. The maximum absolute atomic E-state index is 13.5. The zero-order chi connectivity index (χ0) is 46.9. The predicted octanol–water partition coefficient (Wildman–Crippen LogP) is 0.102. The van der Waals surface area contributed by atoms with E-state index in [1.54, 1.807) is 13.8 Å². The van der Waals surface area contributed by atoms with E-state index in [-0.39, 0.29) is 73.6 Å². The van der Waals surface area contributed by atoms with Crippen LogP contribution >= 0.6 is 11.8 Å². The summed E-state index contributed by atoms with van der Waals surface area (Å²) in [6.07, 6.45) is 4.02. The molecule has 5 unspecified atom stereocenters. The molecule has 0 aromatic heterocycles. The van der Waals surface area contributed by atoms with Gasteiger partial charge in [0.1, 0.15) is 5.78 Å². The fourth-order valence-corrected chi connectivity index (χ4v) is 8.33. The SMILES string of the molecule is CC.[B]=C(O)CC(NC(=O)C(CCCCN)NC(=O)C(CC(=[B])O)NC(C)C)C(=O)NC(CCCCNC(=O)C1CCC(CN2C(=O)CC(SCCC(C)=O)C2=O)CC1)C(=O)O. The number of aliphatic hydroxyl groups is 2. The van der Waals surface area contributed by atoms with Crippen LogP contribution in [0.3, 0.4) is 0 Å². The number of imide groups is 1. The fraction of sp³-hybridized carbons (Fsp3) is 0.756. The van der Waals surface area contributed by atoms with Gasteiger partial charge in [0.2, 0.25) is 11.8 Å². The van der Waals surface area contributed by atoms with Crippen LogP contribution in [0.1, 0.15) is 125 Å². The number of thioether (sulfide) groups is 1. The van der Waals surface area contributed by atoms with Crippen LogP contribution in [0.15, 0.2) is 0 Å². The van der Waals surface area contributed by atoms with E-state index < -0.39 is 70.8 Å². The number of hydrogen-bond acceptors (Lipinski definition) is 13. The van der Waals surface area contributed by atoms with Gasteiger partial charge in [-0.15, -0.1) is 11.8 Å². The van der Waals surface area contributed by atoms with Crippen LogP contribution in [0.5, 0.6) is 0 Å². The zero-order valence-corrected chi connectivity index (χ0v) is 37.9. The number of likely N-dealkylation sites (tertiary alicyclic amines) is 1. The van der Waals surface area contributed by atoms with Gasteiger partial charge >= 0.3 is 231 Å². The van der Waals surface area contributed by atoms with Crippen LogP contribution in [0.2, 0.25) is 0 Å². The molecular weight excluding hydrogens is 820 g/mol. The number of carbonyl (C=O) groups is 8. The van der Waals surface area contributed by atoms with E-state index in [1.165, 1.54) is 23.6 Å². The van der Waals surface area contributed by atoms with Crippen LogP contribution in [0, 0.1) is 11.8 Å². The van der Waals surface area contributed by atoms with Gasteiger partial charge in [-0.25, -0.2) is 0 Å². The molecule has 1 saturated carbocycles. The van der Waals surface area contributed by atoms with E-state index in [0.29, 0.717) is 76.6 Å². The van der Waals surface area contributed by atoms with Crippen LogP contribution < -0.4 is 32.3 Å². The Morgan fingerprint density at radius 3 is 1.89 bits per heavy atom. The summed E-state index contributed by atoms with van der Waals surface area (Å²) >= 11 is 1.34.